The molecule has 1 aromatic carbocycles. The number of aromatic nitrogens is 3. The number of para-hydroxylation sites is 1. The first-order valence-electron chi connectivity index (χ1n) is 7.61. The van der Waals surface area contributed by atoms with E-state index >= 15 is 0 Å². The molecule has 0 saturated carbocycles. The average Bonchev–Trinajstić information content (AvgIpc) is 3.29. The number of anilines is 1. The number of benzene rings is 1. The van der Waals surface area contributed by atoms with Crippen LogP contribution in [0.15, 0.2) is 46.9 Å². The van der Waals surface area contributed by atoms with Crippen LogP contribution >= 0.6 is 23.1 Å². The van der Waals surface area contributed by atoms with Gasteiger partial charge in [0, 0.05) is 6.54 Å². The van der Waals surface area contributed by atoms with Crippen molar-refractivity contribution in [1.82, 2.24) is 14.8 Å². The van der Waals surface area contributed by atoms with E-state index in [1.54, 1.807) is 35.6 Å². The van der Waals surface area contributed by atoms with Gasteiger partial charge in [-0.05, 0) is 30.5 Å². The van der Waals surface area contributed by atoms with Crippen molar-refractivity contribution in [3.8, 4) is 16.8 Å². The Morgan fingerprint density at radius 3 is 2.88 bits per heavy atom. The SMILES string of the molecule is CCn1c(SCC(=O)Nc2ccccc2C#N)nnc1-c1cccs1. The van der Waals surface area contributed by atoms with Crippen LogP contribution in [0.3, 0.4) is 0 Å². The van der Waals surface area contributed by atoms with Crippen LogP contribution in [0.1, 0.15) is 12.5 Å². The van der Waals surface area contributed by atoms with E-state index in [1.807, 2.05) is 29.0 Å². The minimum Gasteiger partial charge on any atom is -0.324 e. The lowest BCUT2D eigenvalue weighted by atomic mass is 10.2. The molecule has 0 aliphatic heterocycles. The van der Waals surface area contributed by atoms with Crippen molar-refractivity contribution >= 4 is 34.7 Å². The first-order valence-corrected chi connectivity index (χ1v) is 9.48. The lowest BCUT2D eigenvalue weighted by Gasteiger charge is -2.08. The third-order valence-corrected chi connectivity index (χ3v) is 5.26. The Morgan fingerprint density at radius 2 is 2.16 bits per heavy atom. The lowest BCUT2D eigenvalue weighted by Crippen LogP contribution is -2.15. The Balaban J connectivity index is 1.68. The standard InChI is InChI=1S/C17H15N5OS2/c1-2-22-16(14-8-5-9-24-14)20-21-17(22)25-11-15(23)19-13-7-4-3-6-12(13)10-18/h3-9H,2,11H2,1H3,(H,19,23). The maximum absolute atomic E-state index is 12.2. The molecule has 0 unspecified atom stereocenters. The van der Waals surface area contributed by atoms with Crippen molar-refractivity contribution in [2.75, 3.05) is 11.1 Å². The Morgan fingerprint density at radius 1 is 1.32 bits per heavy atom. The molecule has 3 aromatic rings. The van der Waals surface area contributed by atoms with Crippen LogP contribution in [0, 0.1) is 11.3 Å². The summed E-state index contributed by atoms with van der Waals surface area (Å²) in [4.78, 5) is 13.2. The molecule has 0 saturated heterocycles. The van der Waals surface area contributed by atoms with Gasteiger partial charge in [-0.1, -0.05) is 30.0 Å². The summed E-state index contributed by atoms with van der Waals surface area (Å²) in [6.45, 7) is 2.75. The zero-order valence-corrected chi connectivity index (χ0v) is 15.1. The average molecular weight is 369 g/mol. The molecule has 0 aliphatic rings. The summed E-state index contributed by atoms with van der Waals surface area (Å²) in [7, 11) is 0. The van der Waals surface area contributed by atoms with E-state index in [1.165, 1.54) is 11.8 Å². The maximum Gasteiger partial charge on any atom is 0.234 e. The summed E-state index contributed by atoms with van der Waals surface area (Å²) in [5.41, 5.74) is 0.962. The number of hydrogen-bond acceptors (Lipinski definition) is 6. The summed E-state index contributed by atoms with van der Waals surface area (Å²) < 4.78 is 1.99. The van der Waals surface area contributed by atoms with Gasteiger partial charge in [-0.2, -0.15) is 5.26 Å². The Hall–Kier alpha value is -2.63. The number of thiophene rings is 1. The number of thioether (sulfide) groups is 1. The molecule has 25 heavy (non-hydrogen) atoms. The van der Waals surface area contributed by atoms with Gasteiger partial charge in [-0.3, -0.25) is 4.79 Å². The van der Waals surface area contributed by atoms with Crippen LogP contribution in [-0.4, -0.2) is 26.4 Å². The molecule has 6 nitrogen and oxygen atoms in total. The topological polar surface area (TPSA) is 83.6 Å². The number of nitrogens with zero attached hydrogens (tertiary/aromatic N) is 4. The zero-order valence-electron chi connectivity index (χ0n) is 13.5. The highest BCUT2D eigenvalue weighted by Crippen LogP contribution is 2.27. The molecule has 3 rings (SSSR count). The highest BCUT2D eigenvalue weighted by atomic mass is 32.2. The zero-order chi connectivity index (χ0) is 17.6. The minimum absolute atomic E-state index is 0.184. The summed E-state index contributed by atoms with van der Waals surface area (Å²) in [6.07, 6.45) is 0. The molecule has 1 N–H and O–H groups in total. The van der Waals surface area contributed by atoms with Crippen molar-refractivity contribution in [1.29, 1.82) is 5.26 Å². The number of carbonyl (C=O) groups excluding carboxylic acids is 1. The molecule has 0 fully saturated rings. The van der Waals surface area contributed by atoms with Gasteiger partial charge in [0.25, 0.3) is 0 Å². The molecular weight excluding hydrogens is 354 g/mol. The lowest BCUT2D eigenvalue weighted by molar-refractivity contribution is -0.113. The van der Waals surface area contributed by atoms with Gasteiger partial charge in [-0.15, -0.1) is 21.5 Å². The number of rotatable bonds is 6. The van der Waals surface area contributed by atoms with E-state index in [-0.39, 0.29) is 11.7 Å². The highest BCUT2D eigenvalue weighted by Gasteiger charge is 2.15. The van der Waals surface area contributed by atoms with Crippen molar-refractivity contribution in [2.45, 2.75) is 18.6 Å². The van der Waals surface area contributed by atoms with Crippen molar-refractivity contribution in [3.63, 3.8) is 0 Å². The second-order valence-electron chi connectivity index (χ2n) is 5.02. The van der Waals surface area contributed by atoms with E-state index in [4.69, 9.17) is 5.26 Å². The summed E-state index contributed by atoms with van der Waals surface area (Å²) in [5, 5.41) is 23.0. The quantitative estimate of drug-likeness (QED) is 0.671. The number of nitriles is 1. The predicted molar refractivity (Wildman–Crippen MR) is 99.5 cm³/mol. The van der Waals surface area contributed by atoms with E-state index < -0.39 is 0 Å². The first-order chi connectivity index (χ1) is 12.2. The Labute approximate surface area is 153 Å². The van der Waals surface area contributed by atoms with E-state index in [2.05, 4.69) is 21.6 Å². The molecule has 2 aromatic heterocycles. The van der Waals surface area contributed by atoms with Crippen LogP contribution in [0.2, 0.25) is 0 Å². The molecule has 0 radical (unpaired) electrons. The molecule has 0 spiro atoms. The van der Waals surface area contributed by atoms with Gasteiger partial charge in [0.15, 0.2) is 11.0 Å². The van der Waals surface area contributed by atoms with Gasteiger partial charge < -0.3 is 9.88 Å². The smallest absolute Gasteiger partial charge is 0.234 e. The van der Waals surface area contributed by atoms with Gasteiger partial charge in [0.05, 0.1) is 21.9 Å². The summed E-state index contributed by atoms with van der Waals surface area (Å²) >= 11 is 2.94. The predicted octanol–water partition coefficient (Wildman–Crippen LogP) is 3.63. The molecular formula is C17H15N5OS2. The third kappa shape index (κ3) is 3.90. The fraction of sp³-hybridized carbons (Fsp3) is 0.176. The molecule has 8 heteroatoms. The minimum atomic E-state index is -0.184. The van der Waals surface area contributed by atoms with Crippen LogP contribution in [-0.2, 0) is 11.3 Å². The van der Waals surface area contributed by atoms with Crippen molar-refractivity contribution in [2.24, 2.45) is 0 Å². The second-order valence-corrected chi connectivity index (χ2v) is 6.91. The monoisotopic (exact) mass is 369 g/mol. The molecule has 0 bridgehead atoms. The van der Waals surface area contributed by atoms with Gasteiger partial charge in [0.2, 0.25) is 5.91 Å². The van der Waals surface area contributed by atoms with Crippen molar-refractivity contribution in [3.05, 3.63) is 47.3 Å². The van der Waals surface area contributed by atoms with Crippen LogP contribution in [0.5, 0.6) is 0 Å². The Bertz CT molecular complexity index is 912. The van der Waals surface area contributed by atoms with Crippen LogP contribution in [0.25, 0.3) is 10.7 Å². The highest BCUT2D eigenvalue weighted by molar-refractivity contribution is 7.99. The molecule has 0 aliphatic carbocycles. The van der Waals surface area contributed by atoms with Crippen molar-refractivity contribution < 1.29 is 4.79 Å². The molecule has 126 valence electrons. The first kappa shape index (κ1) is 17.2. The normalized spacial score (nSPS) is 10.4. The maximum atomic E-state index is 12.2. The summed E-state index contributed by atoms with van der Waals surface area (Å²) in [6, 6.07) is 13.0. The van der Waals surface area contributed by atoms with E-state index in [0.717, 1.165) is 17.2 Å². The third-order valence-electron chi connectivity index (χ3n) is 3.43. The van der Waals surface area contributed by atoms with E-state index in [0.29, 0.717) is 16.4 Å². The van der Waals surface area contributed by atoms with E-state index in [9.17, 15) is 4.79 Å². The summed E-state index contributed by atoms with van der Waals surface area (Å²) in [5.74, 6) is 0.828. The van der Waals surface area contributed by atoms with Gasteiger partial charge in [-0.25, -0.2) is 0 Å². The fourth-order valence-corrected chi connectivity index (χ4v) is 3.79. The van der Waals surface area contributed by atoms with Crippen LogP contribution < -0.4 is 5.32 Å². The fourth-order valence-electron chi connectivity index (χ4n) is 2.27. The number of amides is 1. The second kappa shape index (κ2) is 7.96. The van der Waals surface area contributed by atoms with Crippen LogP contribution in [0.4, 0.5) is 5.69 Å². The molecule has 1 amide bonds. The number of carbonyl (C=O) groups is 1. The van der Waals surface area contributed by atoms with Gasteiger partial charge in [0.1, 0.15) is 6.07 Å². The molecule has 0 atom stereocenters. The number of hydrogen-bond donors (Lipinski definition) is 1. The molecule has 2 heterocycles. The van der Waals surface area contributed by atoms with Gasteiger partial charge >= 0.3 is 0 Å². The Kier molecular flexibility index (Phi) is 5.48. The largest absolute Gasteiger partial charge is 0.324 e. The number of nitrogens with one attached hydrogen (secondary N) is 1.